The fourth-order valence-corrected chi connectivity index (χ4v) is 2.67. The Morgan fingerprint density at radius 2 is 2.08 bits per heavy atom. The van der Waals surface area contributed by atoms with Gasteiger partial charge in [-0.1, -0.05) is 0 Å². The number of aromatic amines is 1. The van der Waals surface area contributed by atoms with E-state index in [0.717, 1.165) is 22.2 Å². The molecule has 136 valence electrons. The van der Waals surface area contributed by atoms with Gasteiger partial charge in [0, 0.05) is 41.0 Å². The molecule has 7 heteroatoms. The molecule has 0 aliphatic carbocycles. The molecule has 2 N–H and O–H groups in total. The molecule has 0 unspecified atom stereocenters. The van der Waals surface area contributed by atoms with E-state index >= 15 is 0 Å². The number of hydrogen-bond donors (Lipinski definition) is 2. The van der Waals surface area contributed by atoms with Gasteiger partial charge in [-0.25, -0.2) is 13.8 Å². The molecule has 2 aromatic heterocycles. The first-order valence-electron chi connectivity index (χ1n) is 8.17. The van der Waals surface area contributed by atoms with E-state index < -0.39 is 13.0 Å². The zero-order chi connectivity index (χ0) is 18.7. The molecule has 0 spiro atoms. The van der Waals surface area contributed by atoms with Gasteiger partial charge in [0.05, 0.1) is 0 Å². The summed E-state index contributed by atoms with van der Waals surface area (Å²) in [5.41, 5.74) is 4.46. The van der Waals surface area contributed by atoms with Gasteiger partial charge in [-0.05, 0) is 49.2 Å². The third kappa shape index (κ3) is 3.99. The average Bonchev–Trinajstić information content (AvgIpc) is 2.92. The van der Waals surface area contributed by atoms with Crippen LogP contribution in [0.5, 0.6) is 5.88 Å². The predicted molar refractivity (Wildman–Crippen MR) is 94.7 cm³/mol. The van der Waals surface area contributed by atoms with Crippen LogP contribution < -0.4 is 10.1 Å². The first kappa shape index (κ1) is 17.8. The highest BCUT2D eigenvalue weighted by Gasteiger charge is 2.10. The SMILES string of the molecule is Cc1[nH]c2ccc(C(=O)NCc3ccnc(OCC(F)F)c3)cc2c1C. The second kappa shape index (κ2) is 7.51. The number of fused-ring (bicyclic) bond motifs is 1. The van der Waals surface area contributed by atoms with E-state index in [-0.39, 0.29) is 18.3 Å². The normalized spacial score (nSPS) is 11.1. The highest BCUT2D eigenvalue weighted by atomic mass is 19.3. The first-order valence-corrected chi connectivity index (χ1v) is 8.17. The van der Waals surface area contributed by atoms with Gasteiger partial charge < -0.3 is 15.0 Å². The fraction of sp³-hybridized carbons (Fsp3) is 0.263. The molecule has 0 aliphatic rings. The number of rotatable bonds is 6. The van der Waals surface area contributed by atoms with E-state index in [9.17, 15) is 13.6 Å². The smallest absolute Gasteiger partial charge is 0.272 e. The molecule has 26 heavy (non-hydrogen) atoms. The van der Waals surface area contributed by atoms with Crippen molar-refractivity contribution < 1.29 is 18.3 Å². The van der Waals surface area contributed by atoms with Crippen molar-refractivity contribution in [3.63, 3.8) is 0 Å². The van der Waals surface area contributed by atoms with Gasteiger partial charge in [-0.2, -0.15) is 0 Å². The van der Waals surface area contributed by atoms with Crippen molar-refractivity contribution in [2.24, 2.45) is 0 Å². The Kier molecular flexibility index (Phi) is 5.16. The standard InChI is InChI=1S/C19H19F2N3O2/c1-11-12(2)24-16-4-3-14(8-15(11)16)19(25)23-9-13-5-6-22-18(7-13)26-10-17(20)21/h3-8,17,24H,9-10H2,1-2H3,(H,23,25). The summed E-state index contributed by atoms with van der Waals surface area (Å²) in [5.74, 6) is -0.103. The number of aryl methyl sites for hydroxylation is 2. The van der Waals surface area contributed by atoms with Crippen LogP contribution in [-0.2, 0) is 6.54 Å². The summed E-state index contributed by atoms with van der Waals surface area (Å²) in [6.45, 7) is 3.54. The number of alkyl halides is 2. The van der Waals surface area contributed by atoms with Gasteiger partial charge in [0.25, 0.3) is 12.3 Å². The van der Waals surface area contributed by atoms with Gasteiger partial charge >= 0.3 is 0 Å². The Bertz CT molecular complexity index is 938. The van der Waals surface area contributed by atoms with Crippen molar-refractivity contribution in [2.75, 3.05) is 6.61 Å². The van der Waals surface area contributed by atoms with Crippen LogP contribution in [0.25, 0.3) is 10.9 Å². The third-order valence-corrected chi connectivity index (χ3v) is 4.18. The summed E-state index contributed by atoms with van der Waals surface area (Å²) in [6, 6.07) is 8.72. The summed E-state index contributed by atoms with van der Waals surface area (Å²) in [5, 5.41) is 3.83. The van der Waals surface area contributed by atoms with Crippen molar-refractivity contribution in [2.45, 2.75) is 26.8 Å². The van der Waals surface area contributed by atoms with E-state index in [2.05, 4.69) is 15.3 Å². The molecule has 0 atom stereocenters. The summed E-state index contributed by atoms with van der Waals surface area (Å²) in [7, 11) is 0. The molecular weight excluding hydrogens is 340 g/mol. The fourth-order valence-electron chi connectivity index (χ4n) is 2.67. The Morgan fingerprint density at radius 1 is 1.27 bits per heavy atom. The number of ether oxygens (including phenoxy) is 1. The highest BCUT2D eigenvalue weighted by molar-refractivity contribution is 5.99. The Labute approximate surface area is 149 Å². The lowest BCUT2D eigenvalue weighted by Gasteiger charge is -2.08. The number of aromatic nitrogens is 2. The molecular formula is C19H19F2N3O2. The van der Waals surface area contributed by atoms with Crippen LogP contribution in [0.3, 0.4) is 0 Å². The van der Waals surface area contributed by atoms with Crippen molar-refractivity contribution in [1.82, 2.24) is 15.3 Å². The van der Waals surface area contributed by atoms with Gasteiger partial charge in [0.15, 0.2) is 6.61 Å². The number of nitrogens with one attached hydrogen (secondary N) is 2. The van der Waals surface area contributed by atoms with Crippen LogP contribution in [-0.4, -0.2) is 28.9 Å². The van der Waals surface area contributed by atoms with Crippen molar-refractivity contribution >= 4 is 16.8 Å². The number of nitrogens with zero attached hydrogens (tertiary/aromatic N) is 1. The van der Waals surface area contributed by atoms with E-state index in [0.29, 0.717) is 11.1 Å². The van der Waals surface area contributed by atoms with Crippen molar-refractivity contribution in [3.8, 4) is 5.88 Å². The molecule has 2 heterocycles. The van der Waals surface area contributed by atoms with Gasteiger partial charge in [-0.15, -0.1) is 0 Å². The Morgan fingerprint density at radius 3 is 2.85 bits per heavy atom. The number of H-pyrrole nitrogens is 1. The predicted octanol–water partition coefficient (Wildman–Crippen LogP) is 3.75. The summed E-state index contributed by atoms with van der Waals surface area (Å²) < 4.78 is 29.3. The molecule has 0 radical (unpaired) electrons. The molecule has 0 saturated heterocycles. The zero-order valence-corrected chi connectivity index (χ0v) is 14.5. The topological polar surface area (TPSA) is 67.0 Å². The maximum Gasteiger partial charge on any atom is 0.272 e. The summed E-state index contributed by atoms with van der Waals surface area (Å²) in [4.78, 5) is 19.6. The molecule has 0 saturated carbocycles. The minimum absolute atomic E-state index is 0.108. The number of hydrogen-bond acceptors (Lipinski definition) is 3. The van der Waals surface area contributed by atoms with Crippen molar-refractivity contribution in [3.05, 3.63) is 58.9 Å². The van der Waals surface area contributed by atoms with Crippen LogP contribution in [0.4, 0.5) is 8.78 Å². The number of benzene rings is 1. The van der Waals surface area contributed by atoms with Crippen LogP contribution >= 0.6 is 0 Å². The number of amides is 1. The largest absolute Gasteiger partial charge is 0.472 e. The first-order chi connectivity index (χ1) is 12.4. The third-order valence-electron chi connectivity index (χ3n) is 4.18. The number of halogens is 2. The molecule has 1 aromatic carbocycles. The lowest BCUT2D eigenvalue weighted by Crippen LogP contribution is -2.22. The van der Waals surface area contributed by atoms with Gasteiger partial charge in [0.2, 0.25) is 5.88 Å². The van der Waals surface area contributed by atoms with Crippen molar-refractivity contribution in [1.29, 1.82) is 0 Å². The minimum Gasteiger partial charge on any atom is -0.472 e. The van der Waals surface area contributed by atoms with Gasteiger partial charge in [0.1, 0.15) is 0 Å². The molecule has 0 bridgehead atoms. The quantitative estimate of drug-likeness (QED) is 0.704. The summed E-state index contributed by atoms with van der Waals surface area (Å²) in [6.07, 6.45) is -1.10. The Balaban J connectivity index is 1.67. The summed E-state index contributed by atoms with van der Waals surface area (Å²) >= 11 is 0. The molecule has 5 nitrogen and oxygen atoms in total. The van der Waals surface area contributed by atoms with Crippen LogP contribution in [0.2, 0.25) is 0 Å². The lowest BCUT2D eigenvalue weighted by atomic mass is 10.1. The second-order valence-corrected chi connectivity index (χ2v) is 6.02. The average molecular weight is 359 g/mol. The van der Waals surface area contributed by atoms with E-state index in [1.165, 1.54) is 12.3 Å². The maximum absolute atomic E-state index is 12.4. The number of carbonyl (C=O) groups is 1. The lowest BCUT2D eigenvalue weighted by molar-refractivity contribution is 0.0795. The molecule has 0 fully saturated rings. The van der Waals surface area contributed by atoms with Gasteiger partial charge in [-0.3, -0.25) is 4.79 Å². The highest BCUT2D eigenvalue weighted by Crippen LogP contribution is 2.22. The molecule has 0 aliphatic heterocycles. The second-order valence-electron chi connectivity index (χ2n) is 6.02. The molecule has 3 aromatic rings. The Hall–Kier alpha value is -2.96. The minimum atomic E-state index is -2.56. The molecule has 1 amide bonds. The van der Waals surface area contributed by atoms with Crippen LogP contribution in [0.1, 0.15) is 27.2 Å². The number of carbonyl (C=O) groups excluding carboxylic acids is 1. The maximum atomic E-state index is 12.4. The monoisotopic (exact) mass is 359 g/mol. The van der Waals surface area contributed by atoms with Crippen LogP contribution in [0, 0.1) is 13.8 Å². The van der Waals surface area contributed by atoms with E-state index in [1.54, 1.807) is 12.1 Å². The molecule has 3 rings (SSSR count). The zero-order valence-electron chi connectivity index (χ0n) is 14.5. The number of pyridine rings is 1. The van der Waals surface area contributed by atoms with E-state index in [1.807, 2.05) is 26.0 Å². The van der Waals surface area contributed by atoms with E-state index in [4.69, 9.17) is 4.74 Å². The van der Waals surface area contributed by atoms with Crippen LogP contribution in [0.15, 0.2) is 36.5 Å².